The van der Waals surface area contributed by atoms with E-state index in [2.05, 4.69) is 16.0 Å². The topological polar surface area (TPSA) is 99.7 Å². The van der Waals surface area contributed by atoms with Crippen LogP contribution in [-0.2, 0) is 11.3 Å². The summed E-state index contributed by atoms with van der Waals surface area (Å²) >= 11 is 0. The van der Waals surface area contributed by atoms with E-state index in [1.807, 2.05) is 37.3 Å². The molecule has 7 heteroatoms. The Morgan fingerprint density at radius 2 is 1.96 bits per heavy atom. The number of nitrogens with one attached hydrogen (secondary N) is 3. The number of amides is 3. The maximum absolute atomic E-state index is 12.9. The number of hydrogen-bond acceptors (Lipinski definition) is 4. The Morgan fingerprint density at radius 1 is 1.21 bits per heavy atom. The zero-order valence-electron chi connectivity index (χ0n) is 15.8. The molecule has 1 aliphatic heterocycles. The van der Waals surface area contributed by atoms with Crippen molar-refractivity contribution in [2.75, 3.05) is 6.61 Å². The van der Waals surface area contributed by atoms with Crippen LogP contribution in [0.4, 0.5) is 4.79 Å². The van der Waals surface area contributed by atoms with Crippen molar-refractivity contribution < 1.29 is 19.4 Å². The molecule has 7 nitrogen and oxygen atoms in total. The zero-order chi connectivity index (χ0) is 20.1. The van der Waals surface area contributed by atoms with Crippen molar-refractivity contribution in [2.24, 2.45) is 0 Å². The average molecular weight is 381 g/mol. The van der Waals surface area contributed by atoms with Gasteiger partial charge in [-0.25, -0.2) is 4.79 Å². The molecule has 0 saturated heterocycles. The second-order valence-corrected chi connectivity index (χ2v) is 6.40. The van der Waals surface area contributed by atoms with E-state index in [9.17, 15) is 14.7 Å². The first-order valence-electron chi connectivity index (χ1n) is 9.05. The molecule has 0 radical (unpaired) electrons. The average Bonchev–Trinajstić information content (AvgIpc) is 2.68. The number of urea groups is 1. The van der Waals surface area contributed by atoms with E-state index in [0.717, 1.165) is 5.56 Å². The van der Waals surface area contributed by atoms with Gasteiger partial charge >= 0.3 is 6.03 Å². The van der Waals surface area contributed by atoms with Gasteiger partial charge in [-0.2, -0.15) is 0 Å². The van der Waals surface area contributed by atoms with Crippen LogP contribution in [-0.4, -0.2) is 23.7 Å². The third-order valence-corrected chi connectivity index (χ3v) is 4.43. The van der Waals surface area contributed by atoms with Crippen LogP contribution in [0.15, 0.2) is 59.8 Å². The summed E-state index contributed by atoms with van der Waals surface area (Å²) in [5, 5.41) is 18.3. The standard InChI is InChI=1S/C21H23N3O4/c1-3-28-17-11-15(9-10-16(17)25)19-18(13(2)23-21(27)24-19)20(26)22-12-14-7-5-4-6-8-14/h4-11,19,25H,3,12H2,1-2H3,(H,22,26)(H2,23,24,27). The predicted molar refractivity (Wildman–Crippen MR) is 105 cm³/mol. The first kappa shape index (κ1) is 19.3. The Morgan fingerprint density at radius 3 is 2.68 bits per heavy atom. The summed E-state index contributed by atoms with van der Waals surface area (Å²) in [5.74, 6) is 0.0148. The molecule has 2 aromatic carbocycles. The first-order chi connectivity index (χ1) is 13.5. The summed E-state index contributed by atoms with van der Waals surface area (Å²) < 4.78 is 5.43. The van der Waals surface area contributed by atoms with Crippen LogP contribution in [0, 0.1) is 0 Å². The Labute approximate surface area is 163 Å². The van der Waals surface area contributed by atoms with E-state index in [0.29, 0.717) is 35.7 Å². The van der Waals surface area contributed by atoms with Crippen LogP contribution in [0.25, 0.3) is 0 Å². The molecule has 1 heterocycles. The lowest BCUT2D eigenvalue weighted by molar-refractivity contribution is -0.118. The third kappa shape index (κ3) is 4.25. The van der Waals surface area contributed by atoms with Gasteiger partial charge in [-0.15, -0.1) is 0 Å². The van der Waals surface area contributed by atoms with Gasteiger partial charge in [-0.1, -0.05) is 36.4 Å². The molecule has 146 valence electrons. The van der Waals surface area contributed by atoms with Gasteiger partial charge in [0.2, 0.25) is 0 Å². The molecule has 0 spiro atoms. The van der Waals surface area contributed by atoms with Crippen LogP contribution in [0.2, 0.25) is 0 Å². The maximum atomic E-state index is 12.9. The summed E-state index contributed by atoms with van der Waals surface area (Å²) in [6.45, 7) is 4.25. The fraction of sp³-hybridized carbons (Fsp3) is 0.238. The van der Waals surface area contributed by atoms with E-state index >= 15 is 0 Å². The molecule has 2 aromatic rings. The number of allylic oxidation sites excluding steroid dienone is 1. The maximum Gasteiger partial charge on any atom is 0.319 e. The van der Waals surface area contributed by atoms with Gasteiger partial charge in [0.15, 0.2) is 11.5 Å². The lowest BCUT2D eigenvalue weighted by atomic mass is 9.94. The van der Waals surface area contributed by atoms with Crippen molar-refractivity contribution in [3.63, 3.8) is 0 Å². The van der Waals surface area contributed by atoms with Gasteiger partial charge in [-0.3, -0.25) is 4.79 Å². The SMILES string of the molecule is CCOc1cc(C2NC(=O)NC(C)=C2C(=O)NCc2ccccc2)ccc1O. The molecule has 0 saturated carbocycles. The van der Waals surface area contributed by atoms with Crippen molar-refractivity contribution in [2.45, 2.75) is 26.4 Å². The van der Waals surface area contributed by atoms with Crippen molar-refractivity contribution >= 4 is 11.9 Å². The number of carbonyl (C=O) groups excluding carboxylic acids is 2. The van der Waals surface area contributed by atoms with Gasteiger partial charge < -0.3 is 25.8 Å². The van der Waals surface area contributed by atoms with E-state index in [1.165, 1.54) is 6.07 Å². The smallest absolute Gasteiger partial charge is 0.319 e. The molecule has 0 fully saturated rings. The largest absolute Gasteiger partial charge is 0.504 e. The summed E-state index contributed by atoms with van der Waals surface area (Å²) in [7, 11) is 0. The predicted octanol–water partition coefficient (Wildman–Crippen LogP) is 2.74. The van der Waals surface area contributed by atoms with Crippen molar-refractivity contribution in [1.82, 2.24) is 16.0 Å². The highest BCUT2D eigenvalue weighted by atomic mass is 16.5. The number of ether oxygens (including phenoxy) is 1. The summed E-state index contributed by atoms with van der Waals surface area (Å²) in [6.07, 6.45) is 0. The molecular weight excluding hydrogens is 358 g/mol. The summed E-state index contributed by atoms with van der Waals surface area (Å²) in [4.78, 5) is 24.9. The van der Waals surface area contributed by atoms with Gasteiger partial charge in [0.1, 0.15) is 0 Å². The van der Waals surface area contributed by atoms with E-state index in [4.69, 9.17) is 4.74 Å². The van der Waals surface area contributed by atoms with Gasteiger partial charge in [0.05, 0.1) is 18.2 Å². The summed E-state index contributed by atoms with van der Waals surface area (Å²) in [6, 6.07) is 13.3. The highest BCUT2D eigenvalue weighted by Gasteiger charge is 2.31. The van der Waals surface area contributed by atoms with Gasteiger partial charge in [0.25, 0.3) is 5.91 Å². The molecule has 4 N–H and O–H groups in total. The van der Waals surface area contributed by atoms with Crippen molar-refractivity contribution in [1.29, 1.82) is 0 Å². The highest BCUT2D eigenvalue weighted by molar-refractivity contribution is 5.98. The zero-order valence-corrected chi connectivity index (χ0v) is 15.8. The fourth-order valence-corrected chi connectivity index (χ4v) is 3.10. The Bertz CT molecular complexity index is 909. The Kier molecular flexibility index (Phi) is 5.84. The molecule has 0 bridgehead atoms. The Balaban J connectivity index is 1.88. The minimum atomic E-state index is -0.663. The Hall–Kier alpha value is -3.48. The van der Waals surface area contributed by atoms with Crippen LogP contribution in [0.5, 0.6) is 11.5 Å². The minimum Gasteiger partial charge on any atom is -0.504 e. The monoisotopic (exact) mass is 381 g/mol. The van der Waals surface area contributed by atoms with Crippen molar-refractivity contribution in [3.05, 3.63) is 70.9 Å². The molecule has 1 atom stereocenters. The molecule has 3 amide bonds. The van der Waals surface area contributed by atoms with Gasteiger partial charge in [-0.05, 0) is 37.1 Å². The lowest BCUT2D eigenvalue weighted by Crippen LogP contribution is -2.46. The number of hydrogen-bond donors (Lipinski definition) is 4. The number of aromatic hydroxyl groups is 1. The molecule has 3 rings (SSSR count). The number of carbonyl (C=O) groups is 2. The van der Waals surface area contributed by atoms with Crippen LogP contribution in [0.3, 0.4) is 0 Å². The van der Waals surface area contributed by atoms with E-state index in [1.54, 1.807) is 19.1 Å². The van der Waals surface area contributed by atoms with Crippen LogP contribution in [0.1, 0.15) is 31.0 Å². The molecule has 0 aliphatic carbocycles. The van der Waals surface area contributed by atoms with E-state index < -0.39 is 12.1 Å². The molecular formula is C21H23N3O4. The molecule has 0 aromatic heterocycles. The first-order valence-corrected chi connectivity index (χ1v) is 9.05. The van der Waals surface area contributed by atoms with E-state index in [-0.39, 0.29) is 11.7 Å². The van der Waals surface area contributed by atoms with Crippen LogP contribution >= 0.6 is 0 Å². The number of benzene rings is 2. The van der Waals surface area contributed by atoms with Crippen LogP contribution < -0.4 is 20.7 Å². The molecule has 28 heavy (non-hydrogen) atoms. The summed E-state index contributed by atoms with van der Waals surface area (Å²) in [5.41, 5.74) is 2.50. The number of rotatable bonds is 6. The lowest BCUT2D eigenvalue weighted by Gasteiger charge is -2.29. The van der Waals surface area contributed by atoms with Gasteiger partial charge in [0, 0.05) is 12.2 Å². The number of phenolic OH excluding ortho intramolecular Hbond substituents is 1. The molecule has 1 unspecified atom stereocenters. The number of phenols is 1. The highest BCUT2D eigenvalue weighted by Crippen LogP contribution is 2.33. The fourth-order valence-electron chi connectivity index (χ4n) is 3.10. The normalized spacial score (nSPS) is 16.2. The molecule has 1 aliphatic rings. The van der Waals surface area contributed by atoms with Crippen molar-refractivity contribution in [3.8, 4) is 11.5 Å². The second kappa shape index (κ2) is 8.47. The second-order valence-electron chi connectivity index (χ2n) is 6.40. The minimum absolute atomic E-state index is 0.00152. The quantitative estimate of drug-likeness (QED) is 0.618. The third-order valence-electron chi connectivity index (χ3n) is 4.43.